The van der Waals surface area contributed by atoms with Crippen LogP contribution >= 0.6 is 11.6 Å². The summed E-state index contributed by atoms with van der Waals surface area (Å²) in [6.07, 6.45) is 0.651. The molecule has 0 saturated heterocycles. The fraction of sp³-hybridized carbons (Fsp3) is 0.429. The summed E-state index contributed by atoms with van der Waals surface area (Å²) >= 11 is 5.76. The van der Waals surface area contributed by atoms with Crippen molar-refractivity contribution in [3.8, 4) is 0 Å². The van der Waals surface area contributed by atoms with Crippen LogP contribution in [0, 0.1) is 11.8 Å². The Labute approximate surface area is 123 Å². The second-order valence-electron chi connectivity index (χ2n) is 5.05. The molecule has 20 heavy (non-hydrogen) atoms. The van der Waals surface area contributed by atoms with Crippen molar-refractivity contribution in [3.63, 3.8) is 0 Å². The van der Waals surface area contributed by atoms with Crippen molar-refractivity contribution in [2.24, 2.45) is 17.6 Å². The predicted octanol–water partition coefficient (Wildman–Crippen LogP) is 2.60. The van der Waals surface area contributed by atoms with E-state index in [1.165, 1.54) is 18.2 Å². The molecular weight excluding hydrogens is 280 g/mol. The molecule has 0 aliphatic carbocycles. The molecule has 0 fully saturated rings. The molecule has 0 bridgehead atoms. The predicted molar refractivity (Wildman–Crippen MR) is 79.0 cm³/mol. The van der Waals surface area contributed by atoms with Gasteiger partial charge in [0.1, 0.15) is 0 Å². The van der Waals surface area contributed by atoms with Gasteiger partial charge in [-0.05, 0) is 30.5 Å². The highest BCUT2D eigenvalue weighted by Gasteiger charge is 2.20. The van der Waals surface area contributed by atoms with Crippen molar-refractivity contribution in [3.05, 3.63) is 28.8 Å². The van der Waals surface area contributed by atoms with Crippen LogP contribution in [0.25, 0.3) is 0 Å². The summed E-state index contributed by atoms with van der Waals surface area (Å²) in [5.74, 6) is -1.42. The average molecular weight is 299 g/mol. The first kappa shape index (κ1) is 16.5. The van der Waals surface area contributed by atoms with Crippen LogP contribution < -0.4 is 11.1 Å². The largest absolute Gasteiger partial charge is 0.478 e. The highest BCUT2D eigenvalue weighted by atomic mass is 35.5. The van der Waals surface area contributed by atoms with Crippen LogP contribution in [0.4, 0.5) is 5.69 Å². The minimum atomic E-state index is -1.14. The van der Waals surface area contributed by atoms with Gasteiger partial charge in [0.15, 0.2) is 0 Å². The Kier molecular flexibility index (Phi) is 5.98. The number of aromatic carboxylic acids is 1. The lowest BCUT2D eigenvalue weighted by atomic mass is 9.96. The number of rotatable bonds is 6. The molecule has 0 saturated carbocycles. The van der Waals surface area contributed by atoms with E-state index in [0.29, 0.717) is 17.4 Å². The molecule has 110 valence electrons. The zero-order valence-electron chi connectivity index (χ0n) is 11.5. The van der Waals surface area contributed by atoms with E-state index in [0.717, 1.165) is 0 Å². The van der Waals surface area contributed by atoms with E-state index >= 15 is 0 Å². The quantitative estimate of drug-likeness (QED) is 0.752. The topological polar surface area (TPSA) is 92.4 Å². The normalized spacial score (nSPS) is 12.2. The second-order valence-corrected chi connectivity index (χ2v) is 5.48. The van der Waals surface area contributed by atoms with Gasteiger partial charge in [-0.1, -0.05) is 25.4 Å². The third-order valence-corrected chi connectivity index (χ3v) is 3.12. The number of benzene rings is 1. The van der Waals surface area contributed by atoms with E-state index in [4.69, 9.17) is 22.4 Å². The monoisotopic (exact) mass is 298 g/mol. The number of carboxylic acids is 1. The van der Waals surface area contributed by atoms with Gasteiger partial charge in [-0.2, -0.15) is 0 Å². The number of amides is 1. The van der Waals surface area contributed by atoms with E-state index in [1.807, 2.05) is 13.8 Å². The maximum atomic E-state index is 12.1. The SMILES string of the molecule is CC(C)CC(CN)C(=O)Nc1ccc(Cl)cc1C(=O)O. The van der Waals surface area contributed by atoms with Crippen LogP contribution in [0.5, 0.6) is 0 Å². The van der Waals surface area contributed by atoms with Gasteiger partial charge >= 0.3 is 5.97 Å². The number of nitrogens with two attached hydrogens (primary N) is 1. The molecular formula is C14H19ClN2O3. The van der Waals surface area contributed by atoms with Gasteiger partial charge in [-0.25, -0.2) is 4.79 Å². The number of carbonyl (C=O) groups is 2. The molecule has 5 nitrogen and oxygen atoms in total. The molecule has 0 aliphatic heterocycles. The molecule has 1 aromatic carbocycles. The molecule has 0 spiro atoms. The van der Waals surface area contributed by atoms with Crippen molar-refractivity contribution in [1.82, 2.24) is 0 Å². The van der Waals surface area contributed by atoms with Crippen LogP contribution in [-0.2, 0) is 4.79 Å². The maximum absolute atomic E-state index is 12.1. The first-order valence-corrected chi connectivity index (χ1v) is 6.76. The third-order valence-electron chi connectivity index (χ3n) is 2.88. The van der Waals surface area contributed by atoms with Crippen molar-refractivity contribution in [2.45, 2.75) is 20.3 Å². The molecule has 6 heteroatoms. The smallest absolute Gasteiger partial charge is 0.337 e. The van der Waals surface area contributed by atoms with Crippen molar-refractivity contribution in [2.75, 3.05) is 11.9 Å². The zero-order valence-corrected chi connectivity index (χ0v) is 12.3. The summed E-state index contributed by atoms with van der Waals surface area (Å²) in [6.45, 7) is 4.22. The van der Waals surface area contributed by atoms with Crippen molar-refractivity contribution in [1.29, 1.82) is 0 Å². The van der Waals surface area contributed by atoms with Gasteiger partial charge in [0.05, 0.1) is 17.2 Å². The van der Waals surface area contributed by atoms with E-state index in [1.54, 1.807) is 0 Å². The van der Waals surface area contributed by atoms with Gasteiger partial charge in [0.25, 0.3) is 0 Å². The molecule has 0 aliphatic rings. The summed E-state index contributed by atoms with van der Waals surface area (Å²) in [5, 5.41) is 12.0. The lowest BCUT2D eigenvalue weighted by Crippen LogP contribution is -2.30. The van der Waals surface area contributed by atoms with Crippen LogP contribution in [0.15, 0.2) is 18.2 Å². The highest BCUT2D eigenvalue weighted by molar-refractivity contribution is 6.31. The summed E-state index contributed by atoms with van der Waals surface area (Å²) in [4.78, 5) is 23.3. The summed E-state index contributed by atoms with van der Waals surface area (Å²) in [7, 11) is 0. The van der Waals surface area contributed by atoms with Crippen LogP contribution in [-0.4, -0.2) is 23.5 Å². The van der Waals surface area contributed by atoms with Gasteiger partial charge in [0.2, 0.25) is 5.91 Å². The van der Waals surface area contributed by atoms with Crippen molar-refractivity contribution >= 4 is 29.2 Å². The molecule has 1 aromatic rings. The summed E-state index contributed by atoms with van der Waals surface area (Å²) in [5.41, 5.74) is 5.79. The Hall–Kier alpha value is -1.59. The Morgan fingerprint density at radius 1 is 1.40 bits per heavy atom. The maximum Gasteiger partial charge on any atom is 0.337 e. The number of hydrogen-bond acceptors (Lipinski definition) is 3. The molecule has 1 rings (SSSR count). The second kappa shape index (κ2) is 7.26. The molecule has 1 amide bonds. The van der Waals surface area contributed by atoms with E-state index < -0.39 is 5.97 Å². The number of nitrogens with one attached hydrogen (secondary N) is 1. The summed E-state index contributed by atoms with van der Waals surface area (Å²) < 4.78 is 0. The molecule has 0 radical (unpaired) electrons. The molecule has 0 aromatic heterocycles. The Morgan fingerprint density at radius 3 is 2.55 bits per heavy atom. The Morgan fingerprint density at radius 2 is 2.05 bits per heavy atom. The first-order valence-electron chi connectivity index (χ1n) is 6.39. The minimum Gasteiger partial charge on any atom is -0.478 e. The number of halogens is 1. The van der Waals surface area contributed by atoms with Crippen LogP contribution in [0.3, 0.4) is 0 Å². The van der Waals surface area contributed by atoms with Crippen LogP contribution in [0.2, 0.25) is 5.02 Å². The number of carbonyl (C=O) groups excluding carboxylic acids is 1. The molecule has 0 heterocycles. The average Bonchev–Trinajstić information content (AvgIpc) is 2.37. The molecule has 1 atom stereocenters. The summed E-state index contributed by atoms with van der Waals surface area (Å²) in [6, 6.07) is 4.32. The van der Waals surface area contributed by atoms with E-state index in [9.17, 15) is 9.59 Å². The molecule has 1 unspecified atom stereocenters. The lowest BCUT2D eigenvalue weighted by Gasteiger charge is -2.17. The minimum absolute atomic E-state index is 0.0360. The van der Waals surface area contributed by atoms with Gasteiger partial charge < -0.3 is 16.2 Å². The number of hydrogen-bond donors (Lipinski definition) is 3. The zero-order chi connectivity index (χ0) is 15.3. The Balaban J connectivity index is 2.92. The third kappa shape index (κ3) is 4.51. The fourth-order valence-electron chi connectivity index (χ4n) is 1.92. The fourth-order valence-corrected chi connectivity index (χ4v) is 2.09. The highest BCUT2D eigenvalue weighted by Crippen LogP contribution is 2.22. The van der Waals surface area contributed by atoms with Crippen molar-refractivity contribution < 1.29 is 14.7 Å². The standard InChI is InChI=1S/C14H19ClN2O3/c1-8(2)5-9(7-16)13(18)17-12-4-3-10(15)6-11(12)14(19)20/h3-4,6,8-9H,5,7,16H2,1-2H3,(H,17,18)(H,19,20). The Bertz CT molecular complexity index is 503. The van der Waals surface area contributed by atoms with Gasteiger partial charge in [-0.15, -0.1) is 0 Å². The number of carboxylic acid groups (broad SMARTS) is 1. The first-order chi connectivity index (χ1) is 9.35. The lowest BCUT2D eigenvalue weighted by molar-refractivity contribution is -0.120. The number of anilines is 1. The molecule has 4 N–H and O–H groups in total. The van der Waals surface area contributed by atoms with Gasteiger partial charge in [-0.3, -0.25) is 4.79 Å². The van der Waals surface area contributed by atoms with E-state index in [-0.39, 0.29) is 29.6 Å². The van der Waals surface area contributed by atoms with Crippen LogP contribution in [0.1, 0.15) is 30.6 Å². The van der Waals surface area contributed by atoms with Gasteiger partial charge in [0, 0.05) is 11.6 Å². The van der Waals surface area contributed by atoms with E-state index in [2.05, 4.69) is 5.32 Å².